The van der Waals surface area contributed by atoms with Crippen molar-refractivity contribution >= 4 is 11.3 Å². The zero-order valence-electron chi connectivity index (χ0n) is 11.4. The minimum Gasteiger partial charge on any atom is -0.381 e. The normalized spacial score (nSPS) is 19.3. The topological polar surface area (TPSA) is 34.2 Å². The Kier molecular flexibility index (Phi) is 5.15. The highest BCUT2D eigenvalue weighted by Crippen LogP contribution is 2.34. The van der Waals surface area contributed by atoms with E-state index in [-0.39, 0.29) is 0 Å². The van der Waals surface area contributed by atoms with Gasteiger partial charge in [-0.15, -0.1) is 11.3 Å². The average Bonchev–Trinajstić information content (AvgIpc) is 2.82. The van der Waals surface area contributed by atoms with Gasteiger partial charge in [0.2, 0.25) is 0 Å². The molecule has 0 aromatic carbocycles. The Morgan fingerprint density at radius 3 is 2.83 bits per heavy atom. The van der Waals surface area contributed by atoms with Crippen molar-refractivity contribution in [3.63, 3.8) is 0 Å². The maximum atomic E-state index is 5.53. The van der Waals surface area contributed by atoms with Crippen molar-refractivity contribution in [2.75, 3.05) is 26.3 Å². The Balaban J connectivity index is 1.94. The summed E-state index contributed by atoms with van der Waals surface area (Å²) >= 11 is 1.78. The molecule has 0 spiro atoms. The molecule has 0 saturated carbocycles. The number of nitrogens with zero attached hydrogens (tertiary/aromatic N) is 1. The predicted molar refractivity (Wildman–Crippen MR) is 76.0 cm³/mol. The van der Waals surface area contributed by atoms with E-state index >= 15 is 0 Å². The number of hydrogen-bond donors (Lipinski definition) is 1. The van der Waals surface area contributed by atoms with Crippen molar-refractivity contribution in [3.05, 3.63) is 16.6 Å². The van der Waals surface area contributed by atoms with Gasteiger partial charge in [-0.05, 0) is 37.1 Å². The van der Waals surface area contributed by atoms with Crippen LogP contribution in [0.4, 0.5) is 0 Å². The van der Waals surface area contributed by atoms with E-state index in [1.54, 1.807) is 11.3 Å². The predicted octanol–water partition coefficient (Wildman–Crippen LogP) is 2.73. The van der Waals surface area contributed by atoms with E-state index in [0.29, 0.717) is 11.3 Å². The van der Waals surface area contributed by atoms with Gasteiger partial charge in [0.05, 0.1) is 5.51 Å². The molecule has 1 aromatic heterocycles. The number of nitrogens with one attached hydrogen (secondary N) is 1. The summed E-state index contributed by atoms with van der Waals surface area (Å²) in [6, 6.07) is 0. The molecular weight excluding hydrogens is 244 g/mol. The van der Waals surface area contributed by atoms with Crippen LogP contribution >= 0.6 is 11.3 Å². The Hall–Kier alpha value is -0.450. The van der Waals surface area contributed by atoms with Gasteiger partial charge >= 0.3 is 0 Å². The second-order valence-electron chi connectivity index (χ2n) is 5.78. The van der Waals surface area contributed by atoms with Gasteiger partial charge < -0.3 is 10.1 Å². The van der Waals surface area contributed by atoms with Crippen LogP contribution in [0.3, 0.4) is 0 Å². The summed E-state index contributed by atoms with van der Waals surface area (Å²) in [5.41, 5.74) is 2.31. The summed E-state index contributed by atoms with van der Waals surface area (Å²) in [6.45, 7) is 8.53. The molecule has 1 aliphatic rings. The lowest BCUT2D eigenvalue weighted by molar-refractivity contribution is 0.0150. The zero-order valence-corrected chi connectivity index (χ0v) is 12.3. The standard InChI is InChI=1S/C14H24N2OS/c1-12(2)8-15-10-14(3-5-17-6-4-14)7-13-9-16-11-18-13/h9,11-12,15H,3-8,10H2,1-2H3. The lowest BCUT2D eigenvalue weighted by atomic mass is 9.77. The van der Waals surface area contributed by atoms with Gasteiger partial charge in [0.25, 0.3) is 0 Å². The quantitative estimate of drug-likeness (QED) is 0.861. The molecule has 0 amide bonds. The van der Waals surface area contributed by atoms with Crippen LogP contribution in [0.15, 0.2) is 11.7 Å². The van der Waals surface area contributed by atoms with Gasteiger partial charge in [-0.3, -0.25) is 4.98 Å². The lowest BCUT2D eigenvalue weighted by Gasteiger charge is -2.37. The first-order valence-corrected chi connectivity index (χ1v) is 7.74. The van der Waals surface area contributed by atoms with Gasteiger partial charge in [0.15, 0.2) is 0 Å². The van der Waals surface area contributed by atoms with Gasteiger partial charge in [0.1, 0.15) is 0 Å². The molecule has 4 heteroatoms. The molecule has 3 nitrogen and oxygen atoms in total. The van der Waals surface area contributed by atoms with Crippen LogP contribution in [-0.4, -0.2) is 31.3 Å². The Morgan fingerprint density at radius 2 is 2.22 bits per heavy atom. The van der Waals surface area contributed by atoms with Crippen molar-refractivity contribution < 1.29 is 4.74 Å². The molecule has 0 atom stereocenters. The summed E-state index contributed by atoms with van der Waals surface area (Å²) < 4.78 is 5.53. The van der Waals surface area contributed by atoms with E-state index in [1.165, 1.54) is 4.88 Å². The van der Waals surface area contributed by atoms with Gasteiger partial charge in [-0.2, -0.15) is 0 Å². The first-order chi connectivity index (χ1) is 8.70. The molecule has 1 saturated heterocycles. The van der Waals surface area contributed by atoms with E-state index in [2.05, 4.69) is 24.1 Å². The van der Waals surface area contributed by atoms with Crippen molar-refractivity contribution in [2.45, 2.75) is 33.1 Å². The monoisotopic (exact) mass is 268 g/mol. The molecule has 1 aromatic rings. The fourth-order valence-corrected chi connectivity index (χ4v) is 3.31. The van der Waals surface area contributed by atoms with E-state index in [1.807, 2.05) is 11.7 Å². The third-order valence-corrected chi connectivity index (χ3v) is 4.42. The smallest absolute Gasteiger partial charge is 0.0794 e. The van der Waals surface area contributed by atoms with Crippen LogP contribution in [0, 0.1) is 11.3 Å². The molecule has 0 aliphatic carbocycles. The maximum absolute atomic E-state index is 5.53. The first kappa shape index (κ1) is 14.0. The Labute approximate surface area is 114 Å². The van der Waals surface area contributed by atoms with Crippen LogP contribution in [0.25, 0.3) is 0 Å². The van der Waals surface area contributed by atoms with Gasteiger partial charge in [-0.25, -0.2) is 0 Å². The molecule has 2 rings (SSSR count). The summed E-state index contributed by atoms with van der Waals surface area (Å²) in [4.78, 5) is 5.60. The summed E-state index contributed by atoms with van der Waals surface area (Å²) in [7, 11) is 0. The number of aromatic nitrogens is 1. The van der Waals surface area contributed by atoms with Crippen molar-refractivity contribution in [2.24, 2.45) is 11.3 Å². The highest BCUT2D eigenvalue weighted by Gasteiger charge is 2.32. The number of ether oxygens (including phenoxy) is 1. The van der Waals surface area contributed by atoms with E-state index < -0.39 is 0 Å². The van der Waals surface area contributed by atoms with Crippen LogP contribution in [0.5, 0.6) is 0 Å². The maximum Gasteiger partial charge on any atom is 0.0794 e. The molecule has 102 valence electrons. The highest BCUT2D eigenvalue weighted by atomic mass is 32.1. The lowest BCUT2D eigenvalue weighted by Crippen LogP contribution is -2.41. The van der Waals surface area contributed by atoms with Crippen molar-refractivity contribution in [1.82, 2.24) is 10.3 Å². The van der Waals surface area contributed by atoms with E-state index in [9.17, 15) is 0 Å². The van der Waals surface area contributed by atoms with Gasteiger partial charge in [0, 0.05) is 30.8 Å². The minimum absolute atomic E-state index is 0.375. The summed E-state index contributed by atoms with van der Waals surface area (Å²) in [6.07, 6.45) is 5.49. The second kappa shape index (κ2) is 6.64. The van der Waals surface area contributed by atoms with Gasteiger partial charge in [-0.1, -0.05) is 13.8 Å². The average molecular weight is 268 g/mol. The molecule has 18 heavy (non-hydrogen) atoms. The van der Waals surface area contributed by atoms with E-state index in [4.69, 9.17) is 4.74 Å². The van der Waals surface area contributed by atoms with Crippen LogP contribution < -0.4 is 5.32 Å². The molecule has 0 unspecified atom stereocenters. The van der Waals surface area contributed by atoms with Crippen LogP contribution in [0.2, 0.25) is 0 Å². The Bertz CT molecular complexity index is 332. The van der Waals surface area contributed by atoms with Crippen LogP contribution in [0.1, 0.15) is 31.6 Å². The third-order valence-electron chi connectivity index (χ3n) is 3.64. The largest absolute Gasteiger partial charge is 0.381 e. The fraction of sp³-hybridized carbons (Fsp3) is 0.786. The second-order valence-corrected chi connectivity index (χ2v) is 6.75. The highest BCUT2D eigenvalue weighted by molar-refractivity contribution is 7.09. The fourth-order valence-electron chi connectivity index (χ4n) is 2.55. The number of hydrogen-bond acceptors (Lipinski definition) is 4. The SMILES string of the molecule is CC(C)CNCC1(Cc2cncs2)CCOCC1. The number of thiazole rings is 1. The molecule has 1 N–H and O–H groups in total. The first-order valence-electron chi connectivity index (χ1n) is 6.86. The molecule has 0 bridgehead atoms. The van der Waals surface area contributed by atoms with Crippen molar-refractivity contribution in [3.8, 4) is 0 Å². The molecule has 1 fully saturated rings. The zero-order chi connectivity index (χ0) is 12.8. The summed E-state index contributed by atoms with van der Waals surface area (Å²) in [5.74, 6) is 0.713. The summed E-state index contributed by atoms with van der Waals surface area (Å²) in [5, 5.41) is 3.64. The van der Waals surface area contributed by atoms with Crippen molar-refractivity contribution in [1.29, 1.82) is 0 Å². The Morgan fingerprint density at radius 1 is 1.44 bits per heavy atom. The van der Waals surface area contributed by atoms with Crippen LogP contribution in [-0.2, 0) is 11.2 Å². The molecule has 1 aliphatic heterocycles. The van der Waals surface area contributed by atoms with E-state index in [0.717, 1.165) is 45.6 Å². The number of rotatable bonds is 6. The molecule has 2 heterocycles. The minimum atomic E-state index is 0.375. The third kappa shape index (κ3) is 4.04. The molecule has 0 radical (unpaired) electrons. The molecular formula is C14H24N2OS.